The SMILES string of the molecule is CCC1CN(CC(O)COc2ccc(C#N)cc2)CCS1. The predicted molar refractivity (Wildman–Crippen MR) is 85.6 cm³/mol. The molecular formula is C16H22N2O2S. The smallest absolute Gasteiger partial charge is 0.119 e. The van der Waals surface area contributed by atoms with Gasteiger partial charge in [-0.2, -0.15) is 17.0 Å². The normalized spacial score (nSPS) is 20.7. The highest BCUT2D eigenvalue weighted by molar-refractivity contribution is 8.00. The van der Waals surface area contributed by atoms with Crippen LogP contribution in [0.4, 0.5) is 0 Å². The monoisotopic (exact) mass is 306 g/mol. The van der Waals surface area contributed by atoms with Gasteiger partial charge in [0.05, 0.1) is 11.6 Å². The van der Waals surface area contributed by atoms with E-state index in [2.05, 4.69) is 17.9 Å². The molecule has 1 saturated heterocycles. The molecule has 5 heteroatoms. The fourth-order valence-corrected chi connectivity index (χ4v) is 3.61. The molecule has 1 aromatic rings. The summed E-state index contributed by atoms with van der Waals surface area (Å²) in [4.78, 5) is 2.32. The Labute approximate surface area is 130 Å². The number of aliphatic hydroxyl groups excluding tert-OH is 1. The fourth-order valence-electron chi connectivity index (χ4n) is 2.36. The highest BCUT2D eigenvalue weighted by Crippen LogP contribution is 2.21. The van der Waals surface area contributed by atoms with Crippen molar-refractivity contribution >= 4 is 11.8 Å². The summed E-state index contributed by atoms with van der Waals surface area (Å²) >= 11 is 2.03. The summed E-state index contributed by atoms with van der Waals surface area (Å²) in [7, 11) is 0. The van der Waals surface area contributed by atoms with E-state index in [0.29, 0.717) is 23.1 Å². The molecule has 1 aliphatic rings. The molecule has 4 nitrogen and oxygen atoms in total. The van der Waals surface area contributed by atoms with Crippen molar-refractivity contribution in [1.29, 1.82) is 5.26 Å². The summed E-state index contributed by atoms with van der Waals surface area (Å²) in [6.45, 7) is 5.25. The Morgan fingerprint density at radius 2 is 2.24 bits per heavy atom. The van der Waals surface area contributed by atoms with Crippen LogP contribution in [0.2, 0.25) is 0 Å². The number of thioether (sulfide) groups is 1. The maximum atomic E-state index is 10.1. The van der Waals surface area contributed by atoms with E-state index in [0.717, 1.165) is 18.8 Å². The van der Waals surface area contributed by atoms with E-state index in [9.17, 15) is 5.11 Å². The van der Waals surface area contributed by atoms with Crippen LogP contribution in [0.5, 0.6) is 5.75 Å². The first-order chi connectivity index (χ1) is 10.2. The van der Waals surface area contributed by atoms with Crippen LogP contribution < -0.4 is 4.74 Å². The molecule has 1 N–H and O–H groups in total. The summed E-state index contributed by atoms with van der Waals surface area (Å²) in [5.41, 5.74) is 0.610. The fraction of sp³-hybridized carbons (Fsp3) is 0.562. The largest absolute Gasteiger partial charge is 0.491 e. The van der Waals surface area contributed by atoms with Gasteiger partial charge in [0.25, 0.3) is 0 Å². The molecule has 0 amide bonds. The van der Waals surface area contributed by atoms with Crippen molar-refractivity contribution < 1.29 is 9.84 Å². The van der Waals surface area contributed by atoms with Gasteiger partial charge in [0.2, 0.25) is 0 Å². The van der Waals surface area contributed by atoms with Crippen LogP contribution in [0.15, 0.2) is 24.3 Å². The average molecular weight is 306 g/mol. The van der Waals surface area contributed by atoms with E-state index >= 15 is 0 Å². The number of aliphatic hydroxyl groups is 1. The first-order valence-corrected chi connectivity index (χ1v) is 8.41. The van der Waals surface area contributed by atoms with Crippen molar-refractivity contribution in [1.82, 2.24) is 4.90 Å². The number of β-amino-alcohol motifs (C(OH)–C–C–N with tert-alkyl or cyclic N) is 1. The Morgan fingerprint density at radius 3 is 2.90 bits per heavy atom. The van der Waals surface area contributed by atoms with Crippen LogP contribution in [-0.4, -0.2) is 53.4 Å². The first kappa shape index (κ1) is 16.2. The van der Waals surface area contributed by atoms with Gasteiger partial charge in [0, 0.05) is 30.6 Å². The third-order valence-corrected chi connectivity index (χ3v) is 4.95. The molecule has 1 fully saturated rings. The van der Waals surface area contributed by atoms with Crippen molar-refractivity contribution in [2.75, 3.05) is 32.0 Å². The quantitative estimate of drug-likeness (QED) is 0.872. The molecular weight excluding hydrogens is 284 g/mol. The van der Waals surface area contributed by atoms with Gasteiger partial charge in [-0.3, -0.25) is 4.90 Å². The van der Waals surface area contributed by atoms with Crippen LogP contribution in [0.3, 0.4) is 0 Å². The Bertz CT molecular complexity index is 472. The number of nitriles is 1. The number of nitrogens with zero attached hydrogens (tertiary/aromatic N) is 2. The molecule has 1 heterocycles. The maximum absolute atomic E-state index is 10.1. The first-order valence-electron chi connectivity index (χ1n) is 7.36. The van der Waals surface area contributed by atoms with E-state index in [4.69, 9.17) is 10.00 Å². The molecule has 0 aliphatic carbocycles. The van der Waals surface area contributed by atoms with Gasteiger partial charge in [-0.05, 0) is 30.7 Å². The Morgan fingerprint density at radius 1 is 1.48 bits per heavy atom. The molecule has 1 aromatic carbocycles. The summed E-state index contributed by atoms with van der Waals surface area (Å²) < 4.78 is 5.57. The molecule has 2 unspecified atom stereocenters. The molecule has 0 spiro atoms. The van der Waals surface area contributed by atoms with Crippen LogP contribution in [-0.2, 0) is 0 Å². The number of hydrogen-bond donors (Lipinski definition) is 1. The standard InChI is InChI=1S/C16H22N2O2S/c1-2-16-11-18(7-8-21-16)10-14(19)12-20-15-5-3-13(9-17)4-6-15/h3-6,14,16,19H,2,7-8,10-12H2,1H3. The maximum Gasteiger partial charge on any atom is 0.119 e. The van der Waals surface area contributed by atoms with Crippen LogP contribution in [0.25, 0.3) is 0 Å². The minimum Gasteiger partial charge on any atom is -0.491 e. The molecule has 1 aliphatic heterocycles. The zero-order valence-corrected chi connectivity index (χ0v) is 13.2. The summed E-state index contributed by atoms with van der Waals surface area (Å²) in [5, 5.41) is 19.5. The third-order valence-electron chi connectivity index (χ3n) is 3.57. The van der Waals surface area contributed by atoms with Gasteiger partial charge in [-0.15, -0.1) is 0 Å². The van der Waals surface area contributed by atoms with Gasteiger partial charge in [-0.1, -0.05) is 6.92 Å². The van der Waals surface area contributed by atoms with E-state index in [1.807, 2.05) is 11.8 Å². The lowest BCUT2D eigenvalue weighted by Gasteiger charge is -2.33. The van der Waals surface area contributed by atoms with Gasteiger partial charge in [-0.25, -0.2) is 0 Å². The van der Waals surface area contributed by atoms with Crippen molar-refractivity contribution in [3.05, 3.63) is 29.8 Å². The summed E-state index contributed by atoms with van der Waals surface area (Å²) in [6.07, 6.45) is 0.695. The number of hydrogen-bond acceptors (Lipinski definition) is 5. The molecule has 2 rings (SSSR count). The number of benzene rings is 1. The molecule has 2 atom stereocenters. The molecule has 114 valence electrons. The molecule has 21 heavy (non-hydrogen) atoms. The van der Waals surface area contributed by atoms with Crippen LogP contribution >= 0.6 is 11.8 Å². The second-order valence-electron chi connectivity index (χ2n) is 5.26. The highest BCUT2D eigenvalue weighted by Gasteiger charge is 2.21. The lowest BCUT2D eigenvalue weighted by atomic mass is 10.2. The van der Waals surface area contributed by atoms with E-state index in [1.165, 1.54) is 6.42 Å². The van der Waals surface area contributed by atoms with Crippen molar-refractivity contribution in [2.45, 2.75) is 24.7 Å². The molecule has 0 aromatic heterocycles. The van der Waals surface area contributed by atoms with E-state index in [-0.39, 0.29) is 6.61 Å². The van der Waals surface area contributed by atoms with Crippen molar-refractivity contribution in [3.63, 3.8) is 0 Å². The second-order valence-corrected chi connectivity index (χ2v) is 6.67. The Hall–Kier alpha value is -1.22. The topological polar surface area (TPSA) is 56.5 Å². The lowest BCUT2D eigenvalue weighted by Crippen LogP contribution is -2.43. The predicted octanol–water partition coefficient (Wildman–Crippen LogP) is 2.13. The number of rotatable bonds is 6. The van der Waals surface area contributed by atoms with Gasteiger partial charge >= 0.3 is 0 Å². The number of ether oxygens (including phenoxy) is 1. The molecule has 0 saturated carbocycles. The van der Waals surface area contributed by atoms with Crippen molar-refractivity contribution in [2.24, 2.45) is 0 Å². The van der Waals surface area contributed by atoms with Gasteiger partial charge < -0.3 is 9.84 Å². The average Bonchev–Trinajstić information content (AvgIpc) is 2.53. The van der Waals surface area contributed by atoms with Gasteiger partial charge in [0.1, 0.15) is 18.5 Å². The van der Waals surface area contributed by atoms with Crippen LogP contribution in [0, 0.1) is 11.3 Å². The van der Waals surface area contributed by atoms with Gasteiger partial charge in [0.15, 0.2) is 0 Å². The highest BCUT2D eigenvalue weighted by atomic mass is 32.2. The third kappa shape index (κ3) is 5.24. The van der Waals surface area contributed by atoms with Crippen molar-refractivity contribution in [3.8, 4) is 11.8 Å². The van der Waals surface area contributed by atoms with Crippen LogP contribution in [0.1, 0.15) is 18.9 Å². The molecule has 0 radical (unpaired) electrons. The summed E-state index contributed by atoms with van der Waals surface area (Å²) in [6, 6.07) is 9.02. The summed E-state index contributed by atoms with van der Waals surface area (Å²) in [5.74, 6) is 1.83. The zero-order valence-electron chi connectivity index (χ0n) is 12.4. The second kappa shape index (κ2) is 8.28. The Balaban J connectivity index is 1.73. The Kier molecular flexibility index (Phi) is 6.37. The minimum absolute atomic E-state index is 0.284. The molecule has 0 bridgehead atoms. The zero-order chi connectivity index (χ0) is 15.1. The van der Waals surface area contributed by atoms with E-state index in [1.54, 1.807) is 24.3 Å². The van der Waals surface area contributed by atoms with E-state index < -0.39 is 6.10 Å². The lowest BCUT2D eigenvalue weighted by molar-refractivity contribution is 0.0692. The minimum atomic E-state index is -0.485.